The van der Waals surface area contributed by atoms with Crippen LogP contribution in [0.4, 0.5) is 0 Å². The first-order valence-electron chi connectivity index (χ1n) is 6.67. The van der Waals surface area contributed by atoms with Crippen LogP contribution >= 0.6 is 31.9 Å². The lowest BCUT2D eigenvalue weighted by molar-refractivity contribution is 0.193. The van der Waals surface area contributed by atoms with E-state index in [2.05, 4.69) is 63.9 Å². The highest BCUT2D eigenvalue weighted by molar-refractivity contribution is 9.11. The number of halogens is 2. The highest BCUT2D eigenvalue weighted by atomic mass is 79.9. The van der Waals surface area contributed by atoms with Crippen molar-refractivity contribution in [3.63, 3.8) is 0 Å². The maximum Gasteiger partial charge on any atom is 0.0324 e. The standard InChI is InChI=1S/C15H21Br2N/c1-9-3-10(2)5-11(4-9)15(18)12-6-13(16)8-14(17)7-12/h6-11,15H,3-5,18H2,1-2H3. The molecule has 3 atom stereocenters. The Morgan fingerprint density at radius 3 is 2.00 bits per heavy atom. The molecule has 1 saturated carbocycles. The molecule has 1 fully saturated rings. The zero-order valence-corrected chi connectivity index (χ0v) is 14.2. The molecule has 0 amide bonds. The van der Waals surface area contributed by atoms with E-state index in [9.17, 15) is 0 Å². The summed E-state index contributed by atoms with van der Waals surface area (Å²) in [5.74, 6) is 2.23. The van der Waals surface area contributed by atoms with Gasteiger partial charge in [0.15, 0.2) is 0 Å². The van der Waals surface area contributed by atoms with Crippen LogP contribution in [0.3, 0.4) is 0 Å². The summed E-state index contributed by atoms with van der Waals surface area (Å²) < 4.78 is 2.19. The van der Waals surface area contributed by atoms with E-state index in [4.69, 9.17) is 5.73 Å². The van der Waals surface area contributed by atoms with Gasteiger partial charge in [-0.3, -0.25) is 0 Å². The summed E-state index contributed by atoms with van der Waals surface area (Å²) in [5, 5.41) is 0. The van der Waals surface area contributed by atoms with E-state index in [-0.39, 0.29) is 6.04 Å². The molecule has 1 aliphatic carbocycles. The van der Waals surface area contributed by atoms with Crippen molar-refractivity contribution in [1.82, 2.24) is 0 Å². The molecule has 0 aromatic heterocycles. The minimum absolute atomic E-state index is 0.156. The molecule has 0 spiro atoms. The van der Waals surface area contributed by atoms with Crippen molar-refractivity contribution in [2.24, 2.45) is 23.5 Å². The molecule has 0 saturated heterocycles. The predicted molar refractivity (Wildman–Crippen MR) is 84.4 cm³/mol. The van der Waals surface area contributed by atoms with Gasteiger partial charge in [-0.1, -0.05) is 45.7 Å². The van der Waals surface area contributed by atoms with Crippen LogP contribution in [0, 0.1) is 17.8 Å². The normalized spacial score (nSPS) is 30.2. The van der Waals surface area contributed by atoms with Crippen molar-refractivity contribution in [3.8, 4) is 0 Å². The number of hydrogen-bond donors (Lipinski definition) is 1. The minimum atomic E-state index is 0.156. The van der Waals surface area contributed by atoms with Gasteiger partial charge in [-0.15, -0.1) is 0 Å². The first-order valence-corrected chi connectivity index (χ1v) is 8.26. The summed E-state index contributed by atoms with van der Waals surface area (Å²) in [6.45, 7) is 4.71. The van der Waals surface area contributed by atoms with Crippen molar-refractivity contribution < 1.29 is 0 Å². The molecule has 3 unspecified atom stereocenters. The van der Waals surface area contributed by atoms with E-state index in [1.54, 1.807) is 0 Å². The molecule has 1 aromatic carbocycles. The first-order chi connectivity index (χ1) is 8.45. The van der Waals surface area contributed by atoms with Gasteiger partial charge in [-0.05, 0) is 60.8 Å². The van der Waals surface area contributed by atoms with Gasteiger partial charge < -0.3 is 5.73 Å². The quantitative estimate of drug-likeness (QED) is 0.748. The van der Waals surface area contributed by atoms with Crippen LogP contribution in [0.1, 0.15) is 44.7 Å². The summed E-state index contributed by atoms with van der Waals surface area (Å²) in [4.78, 5) is 0. The van der Waals surface area contributed by atoms with E-state index in [1.165, 1.54) is 24.8 Å². The Labute approximate surface area is 127 Å². The third kappa shape index (κ3) is 3.58. The summed E-state index contributed by atoms with van der Waals surface area (Å²) in [6, 6.07) is 6.52. The average molecular weight is 375 g/mol. The van der Waals surface area contributed by atoms with Crippen molar-refractivity contribution in [1.29, 1.82) is 0 Å². The maximum atomic E-state index is 6.49. The largest absolute Gasteiger partial charge is 0.324 e. The highest BCUT2D eigenvalue weighted by Gasteiger charge is 2.29. The highest BCUT2D eigenvalue weighted by Crippen LogP contribution is 2.39. The van der Waals surface area contributed by atoms with Crippen LogP contribution in [0.15, 0.2) is 27.1 Å². The Hall–Kier alpha value is 0.140. The Morgan fingerprint density at radius 1 is 1.00 bits per heavy atom. The van der Waals surface area contributed by atoms with E-state index >= 15 is 0 Å². The fourth-order valence-electron chi connectivity index (χ4n) is 3.34. The molecular formula is C15H21Br2N. The van der Waals surface area contributed by atoms with Crippen LogP contribution in [0.5, 0.6) is 0 Å². The van der Waals surface area contributed by atoms with Crippen LogP contribution in [-0.4, -0.2) is 0 Å². The molecule has 0 aliphatic heterocycles. The van der Waals surface area contributed by atoms with Gasteiger partial charge in [-0.25, -0.2) is 0 Å². The topological polar surface area (TPSA) is 26.0 Å². The zero-order valence-electron chi connectivity index (χ0n) is 11.0. The fraction of sp³-hybridized carbons (Fsp3) is 0.600. The Morgan fingerprint density at radius 2 is 1.50 bits per heavy atom. The Bertz CT molecular complexity index is 389. The smallest absolute Gasteiger partial charge is 0.0324 e. The zero-order chi connectivity index (χ0) is 13.3. The van der Waals surface area contributed by atoms with Gasteiger partial charge in [0.05, 0.1) is 0 Å². The molecule has 0 bridgehead atoms. The number of rotatable bonds is 2. The molecule has 0 heterocycles. The molecular weight excluding hydrogens is 354 g/mol. The third-order valence-corrected chi connectivity index (χ3v) is 4.91. The van der Waals surface area contributed by atoms with Gasteiger partial charge in [0.1, 0.15) is 0 Å². The second-order valence-corrected chi connectivity index (χ2v) is 7.74. The van der Waals surface area contributed by atoms with Crippen molar-refractivity contribution in [2.75, 3.05) is 0 Å². The molecule has 2 rings (SSSR count). The lowest BCUT2D eigenvalue weighted by atomic mass is 9.73. The molecule has 1 nitrogen and oxygen atoms in total. The van der Waals surface area contributed by atoms with Gasteiger partial charge in [-0.2, -0.15) is 0 Å². The predicted octanol–water partition coefficient (Wildman–Crippen LogP) is 5.28. The Kier molecular flexibility index (Phi) is 4.90. The fourth-order valence-corrected chi connectivity index (χ4v) is 4.67. The van der Waals surface area contributed by atoms with Gasteiger partial charge >= 0.3 is 0 Å². The van der Waals surface area contributed by atoms with E-state index < -0.39 is 0 Å². The number of hydrogen-bond acceptors (Lipinski definition) is 1. The minimum Gasteiger partial charge on any atom is -0.324 e. The van der Waals surface area contributed by atoms with Gasteiger partial charge in [0.2, 0.25) is 0 Å². The second kappa shape index (κ2) is 6.06. The monoisotopic (exact) mass is 373 g/mol. The number of nitrogens with two attached hydrogens (primary N) is 1. The molecule has 1 aromatic rings. The maximum absolute atomic E-state index is 6.49. The van der Waals surface area contributed by atoms with Crippen LogP contribution in [0.2, 0.25) is 0 Å². The summed E-state index contributed by atoms with van der Waals surface area (Å²) >= 11 is 7.09. The first kappa shape index (κ1) is 14.5. The lowest BCUT2D eigenvalue weighted by Gasteiger charge is -2.35. The van der Waals surface area contributed by atoms with Crippen molar-refractivity contribution in [2.45, 2.75) is 39.2 Å². The third-order valence-electron chi connectivity index (χ3n) is 3.99. The van der Waals surface area contributed by atoms with Crippen molar-refractivity contribution >= 4 is 31.9 Å². The average Bonchev–Trinajstić information content (AvgIpc) is 2.25. The lowest BCUT2D eigenvalue weighted by Crippen LogP contribution is -2.29. The SMILES string of the molecule is CC1CC(C)CC(C(N)c2cc(Br)cc(Br)c2)C1. The second-order valence-electron chi connectivity index (χ2n) is 5.91. The van der Waals surface area contributed by atoms with Crippen LogP contribution in [0.25, 0.3) is 0 Å². The Balaban J connectivity index is 2.17. The summed E-state index contributed by atoms with van der Waals surface area (Å²) in [6.07, 6.45) is 3.87. The molecule has 100 valence electrons. The molecule has 1 aliphatic rings. The van der Waals surface area contributed by atoms with Gasteiger partial charge in [0.25, 0.3) is 0 Å². The van der Waals surface area contributed by atoms with E-state index in [0.29, 0.717) is 5.92 Å². The molecule has 3 heteroatoms. The van der Waals surface area contributed by atoms with Crippen LogP contribution < -0.4 is 5.73 Å². The van der Waals surface area contributed by atoms with Crippen LogP contribution in [-0.2, 0) is 0 Å². The molecule has 18 heavy (non-hydrogen) atoms. The molecule has 2 N–H and O–H groups in total. The van der Waals surface area contributed by atoms with Crippen molar-refractivity contribution in [3.05, 3.63) is 32.7 Å². The van der Waals surface area contributed by atoms with E-state index in [1.807, 2.05) is 0 Å². The summed E-state index contributed by atoms with van der Waals surface area (Å²) in [7, 11) is 0. The van der Waals surface area contributed by atoms with E-state index in [0.717, 1.165) is 20.8 Å². The molecule has 0 radical (unpaired) electrons. The van der Waals surface area contributed by atoms with Gasteiger partial charge in [0, 0.05) is 15.0 Å². The summed E-state index contributed by atoms with van der Waals surface area (Å²) in [5.41, 5.74) is 7.73. The number of benzene rings is 1.